The average molecular weight is 399 g/mol. The molecule has 1 aliphatic heterocycles. The Hall–Kier alpha value is -2.74. The summed E-state index contributed by atoms with van der Waals surface area (Å²) < 4.78 is 46.5. The smallest absolute Gasteiger partial charge is 0.432 e. The Morgan fingerprint density at radius 2 is 1.83 bits per heavy atom. The summed E-state index contributed by atoms with van der Waals surface area (Å²) in [6.45, 7) is 1.48. The zero-order valence-corrected chi connectivity index (χ0v) is 16.4. The lowest BCUT2D eigenvalue weighted by Gasteiger charge is -2.36. The van der Waals surface area contributed by atoms with Gasteiger partial charge in [-0.05, 0) is 67.0 Å². The second-order valence-electron chi connectivity index (χ2n) is 7.36. The number of rotatable bonds is 7. The van der Waals surface area contributed by atoms with Gasteiger partial charge in [-0.2, -0.15) is 18.4 Å². The number of hydrogen-bond donors (Lipinski definition) is 0. The summed E-state index contributed by atoms with van der Waals surface area (Å²) in [7, 11) is 0. The number of nitriles is 1. The van der Waals surface area contributed by atoms with Crippen LogP contribution in [0.2, 0.25) is 0 Å². The van der Waals surface area contributed by atoms with Gasteiger partial charge in [-0.1, -0.05) is 43.3 Å². The van der Waals surface area contributed by atoms with Crippen LogP contribution in [0.1, 0.15) is 54.9 Å². The molecule has 5 heteroatoms. The first kappa shape index (κ1) is 21.0. The van der Waals surface area contributed by atoms with Crippen LogP contribution in [0.4, 0.5) is 13.2 Å². The molecule has 0 saturated carbocycles. The highest BCUT2D eigenvalue weighted by Crippen LogP contribution is 2.44. The molecule has 0 amide bonds. The Bertz CT molecular complexity index is 912. The number of halogens is 3. The Morgan fingerprint density at radius 1 is 1.07 bits per heavy atom. The van der Waals surface area contributed by atoms with Crippen LogP contribution in [-0.4, -0.2) is 11.8 Å². The van der Waals surface area contributed by atoms with E-state index in [-0.39, 0.29) is 12.2 Å². The van der Waals surface area contributed by atoms with Crippen molar-refractivity contribution in [2.75, 3.05) is 0 Å². The highest BCUT2D eigenvalue weighted by Gasteiger charge is 2.55. The van der Waals surface area contributed by atoms with Crippen molar-refractivity contribution in [3.05, 3.63) is 70.8 Å². The molecule has 29 heavy (non-hydrogen) atoms. The van der Waals surface area contributed by atoms with Gasteiger partial charge in [-0.15, -0.1) is 0 Å². The van der Waals surface area contributed by atoms with Crippen molar-refractivity contribution in [3.8, 4) is 11.8 Å². The molecule has 0 N–H and O–H groups in total. The zero-order chi connectivity index (χ0) is 20.9. The first-order valence-corrected chi connectivity index (χ1v) is 9.90. The lowest BCUT2D eigenvalue weighted by atomic mass is 9.90. The molecule has 1 unspecified atom stereocenters. The Labute approximate surface area is 169 Å². The number of fused-ring (bicyclic) bond motifs is 1. The van der Waals surface area contributed by atoms with E-state index >= 15 is 0 Å². The van der Waals surface area contributed by atoms with Crippen LogP contribution in [0.5, 0.6) is 5.75 Å². The number of benzene rings is 2. The third-order valence-corrected chi connectivity index (χ3v) is 5.38. The van der Waals surface area contributed by atoms with Crippen molar-refractivity contribution in [1.29, 1.82) is 5.26 Å². The van der Waals surface area contributed by atoms with Crippen LogP contribution in [0, 0.1) is 11.3 Å². The summed E-state index contributed by atoms with van der Waals surface area (Å²) >= 11 is 0. The van der Waals surface area contributed by atoms with Crippen LogP contribution in [0.3, 0.4) is 0 Å². The first-order chi connectivity index (χ1) is 13.9. The van der Waals surface area contributed by atoms with E-state index in [1.165, 1.54) is 13.0 Å². The second kappa shape index (κ2) is 8.73. The largest absolute Gasteiger partial charge is 0.473 e. The van der Waals surface area contributed by atoms with E-state index in [1.54, 1.807) is 6.07 Å². The minimum absolute atomic E-state index is 0.184. The predicted octanol–water partition coefficient (Wildman–Crippen LogP) is 6.63. The van der Waals surface area contributed by atoms with E-state index < -0.39 is 11.8 Å². The molecule has 2 aromatic carbocycles. The van der Waals surface area contributed by atoms with E-state index in [9.17, 15) is 13.2 Å². The summed E-state index contributed by atoms with van der Waals surface area (Å²) in [5.74, 6) is 0.276. The summed E-state index contributed by atoms with van der Waals surface area (Å²) in [4.78, 5) is 0. The third-order valence-electron chi connectivity index (χ3n) is 5.38. The normalized spacial score (nSPS) is 18.0. The van der Waals surface area contributed by atoms with Gasteiger partial charge in [-0.25, -0.2) is 0 Å². The maximum atomic E-state index is 13.7. The van der Waals surface area contributed by atoms with Crippen molar-refractivity contribution >= 4 is 6.08 Å². The van der Waals surface area contributed by atoms with Crippen molar-refractivity contribution in [1.82, 2.24) is 0 Å². The van der Waals surface area contributed by atoms with Crippen molar-refractivity contribution < 1.29 is 17.9 Å². The maximum absolute atomic E-state index is 13.7. The second-order valence-corrected chi connectivity index (χ2v) is 7.36. The number of ether oxygens (including phenoxy) is 1. The molecular formula is C24H24F3NO. The van der Waals surface area contributed by atoms with Crippen molar-refractivity contribution in [2.24, 2.45) is 0 Å². The Kier molecular flexibility index (Phi) is 6.32. The van der Waals surface area contributed by atoms with E-state index in [0.29, 0.717) is 18.4 Å². The van der Waals surface area contributed by atoms with Crippen molar-refractivity contribution in [3.63, 3.8) is 0 Å². The number of unbranched alkanes of at least 4 members (excludes halogenated alkanes) is 2. The quantitative estimate of drug-likeness (QED) is 0.490. The van der Waals surface area contributed by atoms with Gasteiger partial charge in [0.25, 0.3) is 0 Å². The van der Waals surface area contributed by atoms with Crippen LogP contribution in [0.15, 0.2) is 48.5 Å². The maximum Gasteiger partial charge on any atom is 0.432 e. The lowest BCUT2D eigenvalue weighted by Crippen LogP contribution is -2.49. The minimum Gasteiger partial charge on any atom is -0.473 e. The molecule has 1 atom stereocenters. The van der Waals surface area contributed by atoms with E-state index in [4.69, 9.17) is 10.00 Å². The monoisotopic (exact) mass is 399 g/mol. The minimum atomic E-state index is -4.48. The van der Waals surface area contributed by atoms with E-state index in [0.717, 1.165) is 42.0 Å². The number of nitrogens with zero attached hydrogens (tertiary/aromatic N) is 1. The van der Waals surface area contributed by atoms with Crippen LogP contribution in [-0.2, 0) is 12.8 Å². The predicted molar refractivity (Wildman–Crippen MR) is 108 cm³/mol. The molecule has 2 aromatic rings. The molecule has 0 aromatic heterocycles. The molecule has 0 fully saturated rings. The highest BCUT2D eigenvalue weighted by atomic mass is 19.4. The molecule has 0 radical (unpaired) electrons. The van der Waals surface area contributed by atoms with Gasteiger partial charge >= 0.3 is 6.18 Å². The summed E-state index contributed by atoms with van der Waals surface area (Å²) in [6, 6.07) is 15.7. The number of alkyl halides is 3. The fourth-order valence-electron chi connectivity index (χ4n) is 3.63. The summed E-state index contributed by atoms with van der Waals surface area (Å²) in [5.41, 5.74) is 1.54. The molecule has 0 spiro atoms. The van der Waals surface area contributed by atoms with Gasteiger partial charge in [0.15, 0.2) is 0 Å². The molecule has 2 nitrogen and oxygen atoms in total. The van der Waals surface area contributed by atoms with Crippen molar-refractivity contribution in [2.45, 2.75) is 57.2 Å². The van der Waals surface area contributed by atoms with Gasteiger partial charge in [0.2, 0.25) is 5.60 Å². The molecule has 3 rings (SSSR count). The number of aryl methyl sites for hydroxylation is 1. The van der Waals surface area contributed by atoms with Crippen LogP contribution in [0.25, 0.3) is 6.08 Å². The number of hydrogen-bond acceptors (Lipinski definition) is 2. The van der Waals surface area contributed by atoms with Crippen LogP contribution >= 0.6 is 0 Å². The Balaban J connectivity index is 1.96. The third kappa shape index (κ3) is 4.64. The fraction of sp³-hybridized carbons (Fsp3) is 0.375. The Morgan fingerprint density at radius 3 is 2.48 bits per heavy atom. The molecular weight excluding hydrogens is 375 g/mol. The van der Waals surface area contributed by atoms with Gasteiger partial charge in [0.05, 0.1) is 6.07 Å². The lowest BCUT2D eigenvalue weighted by molar-refractivity contribution is -0.230. The van der Waals surface area contributed by atoms with E-state index in [2.05, 4.69) is 6.07 Å². The van der Waals surface area contributed by atoms with Gasteiger partial charge in [-0.3, -0.25) is 0 Å². The summed E-state index contributed by atoms with van der Waals surface area (Å²) in [5, 5.41) is 8.74. The molecule has 1 aliphatic rings. The molecule has 0 saturated heterocycles. The van der Waals surface area contributed by atoms with Gasteiger partial charge < -0.3 is 4.74 Å². The topological polar surface area (TPSA) is 33.0 Å². The van der Waals surface area contributed by atoms with E-state index in [1.807, 2.05) is 36.4 Å². The average Bonchev–Trinajstić information content (AvgIpc) is 2.71. The van der Waals surface area contributed by atoms with Crippen LogP contribution < -0.4 is 4.74 Å². The molecule has 0 bridgehead atoms. The molecule has 0 aliphatic carbocycles. The zero-order valence-electron chi connectivity index (χ0n) is 16.4. The SMILES string of the molecule is CCC1(C(F)(F)F)C=Cc2cc(CCCCC#N)c(Cc3ccccc3)cc2O1. The molecule has 1 heterocycles. The standard InChI is InChI=1S/C24H24F3NO/c1-2-23(24(25,26)27)13-12-20-16-19(11-7-4-8-14-28)21(17-22(20)29-23)15-18-9-5-3-6-10-18/h3,5-6,9-10,12-13,16-17H,2,4,7-8,11,15H2,1H3. The van der Waals surface area contributed by atoms with Gasteiger partial charge in [0.1, 0.15) is 5.75 Å². The summed E-state index contributed by atoms with van der Waals surface area (Å²) in [6.07, 6.45) is 1.57. The molecule has 152 valence electrons. The highest BCUT2D eigenvalue weighted by molar-refractivity contribution is 5.64. The van der Waals surface area contributed by atoms with Gasteiger partial charge in [0, 0.05) is 12.0 Å². The fourth-order valence-corrected chi connectivity index (χ4v) is 3.63. The first-order valence-electron chi connectivity index (χ1n) is 9.90.